The molecule has 1 aromatic carbocycles. The van der Waals surface area contributed by atoms with E-state index < -0.39 is 45.4 Å². The molecule has 166 valence electrons. The summed E-state index contributed by atoms with van der Waals surface area (Å²) in [4.78, 5) is 40.2. The molecule has 1 aliphatic heterocycles. The minimum Gasteiger partial charge on any atom is -0.378 e. The van der Waals surface area contributed by atoms with Crippen LogP contribution in [-0.4, -0.2) is 58.9 Å². The van der Waals surface area contributed by atoms with Crippen LogP contribution in [0.4, 0.5) is 4.39 Å². The lowest BCUT2D eigenvalue weighted by atomic mass is 9.93. The van der Waals surface area contributed by atoms with E-state index in [4.69, 9.17) is 21.6 Å². The number of carbonyl (C=O) groups excluding carboxylic acids is 3. The molecule has 1 saturated carbocycles. The number of nitrogens with one attached hydrogen (secondary N) is 1. The number of amides is 2. The first-order valence-electron chi connectivity index (χ1n) is 9.75. The third-order valence-corrected chi connectivity index (χ3v) is 7.17. The van der Waals surface area contributed by atoms with Crippen molar-refractivity contribution in [3.8, 4) is 6.07 Å². The van der Waals surface area contributed by atoms with Crippen molar-refractivity contribution in [1.29, 1.82) is 5.26 Å². The van der Waals surface area contributed by atoms with E-state index in [2.05, 4.69) is 5.32 Å². The highest BCUT2D eigenvalue weighted by Crippen LogP contribution is 2.39. The van der Waals surface area contributed by atoms with Crippen molar-refractivity contribution < 1.29 is 27.7 Å². The molecule has 4 atom stereocenters. The van der Waals surface area contributed by atoms with Crippen LogP contribution in [0.2, 0.25) is 5.02 Å². The van der Waals surface area contributed by atoms with Gasteiger partial charge in [-0.05, 0) is 31.0 Å². The van der Waals surface area contributed by atoms with Crippen molar-refractivity contribution in [1.82, 2.24) is 10.2 Å². The minimum atomic E-state index is -2.12. The molecule has 3 rings (SSSR count). The molecule has 0 aromatic heterocycles. The highest BCUT2D eigenvalue weighted by Gasteiger charge is 2.47. The number of hydrogen-bond donors (Lipinski definition) is 1. The topological polar surface area (TPSA) is 117 Å². The Morgan fingerprint density at radius 3 is 2.58 bits per heavy atom. The van der Waals surface area contributed by atoms with E-state index in [9.17, 15) is 23.0 Å². The maximum atomic E-state index is 13.4. The van der Waals surface area contributed by atoms with Gasteiger partial charge < -0.3 is 15.0 Å². The summed E-state index contributed by atoms with van der Waals surface area (Å²) in [6.07, 6.45) is 0.109. The first kappa shape index (κ1) is 23.3. The molecule has 2 aliphatic rings. The van der Waals surface area contributed by atoms with Gasteiger partial charge in [0, 0.05) is 23.9 Å². The van der Waals surface area contributed by atoms with Crippen LogP contribution in [-0.2, 0) is 29.9 Å². The van der Waals surface area contributed by atoms with Gasteiger partial charge in [0.05, 0.1) is 36.1 Å². The average molecular weight is 470 g/mol. The molecule has 1 N–H and O–H groups in total. The van der Waals surface area contributed by atoms with E-state index in [1.807, 2.05) is 6.07 Å². The third kappa shape index (κ3) is 5.29. The number of rotatable bonds is 5. The van der Waals surface area contributed by atoms with E-state index >= 15 is 0 Å². The van der Waals surface area contributed by atoms with Crippen LogP contribution in [0.25, 0.3) is 0 Å². The highest BCUT2D eigenvalue weighted by atomic mass is 35.5. The number of benzene rings is 1. The zero-order chi connectivity index (χ0) is 22.5. The summed E-state index contributed by atoms with van der Waals surface area (Å²) in [5, 5.41) is 10.3. The van der Waals surface area contributed by atoms with Gasteiger partial charge in [0.15, 0.2) is 0 Å². The quantitative estimate of drug-likeness (QED) is 0.649. The van der Waals surface area contributed by atoms with Crippen LogP contribution < -0.4 is 5.32 Å². The number of morpholine rings is 1. The number of hydrogen-bond acceptors (Lipinski definition) is 6. The molecule has 31 heavy (non-hydrogen) atoms. The predicted octanol–water partition coefficient (Wildman–Crippen LogP) is 1.25. The second-order valence-electron chi connectivity index (χ2n) is 7.36. The molecule has 8 nitrogen and oxygen atoms in total. The van der Waals surface area contributed by atoms with Crippen molar-refractivity contribution in [2.45, 2.75) is 17.7 Å². The smallest absolute Gasteiger partial charge is 0.226 e. The average Bonchev–Trinajstić information content (AvgIpc) is 3.24. The molecule has 0 radical (unpaired) electrons. The molecule has 4 unspecified atom stereocenters. The fraction of sp³-hybridized carbons (Fsp3) is 0.500. The lowest BCUT2D eigenvalue weighted by Crippen LogP contribution is -2.46. The normalized spacial score (nSPS) is 24.3. The van der Waals surface area contributed by atoms with E-state index in [1.54, 1.807) is 4.90 Å². The van der Waals surface area contributed by atoms with Gasteiger partial charge in [-0.2, -0.15) is 5.26 Å². The van der Waals surface area contributed by atoms with Crippen LogP contribution >= 0.6 is 11.6 Å². The monoisotopic (exact) mass is 469 g/mol. The number of halogens is 2. The Bertz CT molecular complexity index is 947. The fourth-order valence-electron chi connectivity index (χ4n) is 3.93. The van der Waals surface area contributed by atoms with Gasteiger partial charge in [-0.3, -0.25) is 14.4 Å². The van der Waals surface area contributed by atoms with E-state index in [-0.39, 0.29) is 35.2 Å². The Morgan fingerprint density at radius 1 is 1.26 bits per heavy atom. The van der Waals surface area contributed by atoms with Gasteiger partial charge in [0.2, 0.25) is 16.9 Å². The molecule has 2 amide bonds. The van der Waals surface area contributed by atoms with Crippen LogP contribution in [0.5, 0.6) is 0 Å². The zero-order valence-corrected chi connectivity index (χ0v) is 18.1. The van der Waals surface area contributed by atoms with E-state index in [1.165, 1.54) is 6.07 Å². The molecule has 2 fully saturated rings. The Hall–Kier alpha value is -2.35. The van der Waals surface area contributed by atoms with Crippen LogP contribution in [0.1, 0.15) is 12.8 Å². The summed E-state index contributed by atoms with van der Waals surface area (Å²) < 4.78 is 31.4. The van der Waals surface area contributed by atoms with E-state index in [0.717, 1.165) is 12.1 Å². The van der Waals surface area contributed by atoms with Gasteiger partial charge in [-0.1, -0.05) is 11.6 Å². The Kier molecular flexibility index (Phi) is 7.75. The number of carbonyl (C=O) groups is 3. The van der Waals surface area contributed by atoms with Crippen molar-refractivity contribution in [3.63, 3.8) is 0 Å². The van der Waals surface area contributed by atoms with Crippen molar-refractivity contribution >= 4 is 39.3 Å². The highest BCUT2D eigenvalue weighted by molar-refractivity contribution is 8.00. The first-order valence-corrected chi connectivity index (χ1v) is 11.3. The van der Waals surface area contributed by atoms with Crippen LogP contribution in [0, 0.1) is 34.9 Å². The number of nitriles is 1. The standard InChI is InChI=1S/C20H21ClFN3O5S/c21-16-11-13(1-2-17(16)22)31(29)20(28)12-9-14(18(26)24-4-3-23)15(10-12)19(27)25-5-7-30-8-6-25/h1-2,11-12,14-15H,4-10H2,(H,24,26). The zero-order valence-electron chi connectivity index (χ0n) is 16.5. The predicted molar refractivity (Wildman–Crippen MR) is 109 cm³/mol. The van der Waals surface area contributed by atoms with Gasteiger partial charge in [-0.25, -0.2) is 8.60 Å². The molecule has 1 aliphatic carbocycles. The van der Waals surface area contributed by atoms with E-state index in [0.29, 0.717) is 26.3 Å². The summed E-state index contributed by atoms with van der Waals surface area (Å²) in [7, 11) is -2.12. The van der Waals surface area contributed by atoms with Crippen molar-refractivity contribution in [2.24, 2.45) is 17.8 Å². The molecular formula is C20H21ClFN3O5S. The van der Waals surface area contributed by atoms with Crippen molar-refractivity contribution in [3.05, 3.63) is 29.0 Å². The summed E-state index contributed by atoms with van der Waals surface area (Å²) in [6, 6.07) is 5.19. The lowest BCUT2D eigenvalue weighted by molar-refractivity contribution is -0.144. The summed E-state index contributed by atoms with van der Waals surface area (Å²) >= 11 is 5.73. The second kappa shape index (κ2) is 10.3. The molecule has 11 heteroatoms. The number of ether oxygens (including phenoxy) is 1. The molecule has 0 spiro atoms. The van der Waals surface area contributed by atoms with Crippen LogP contribution in [0.15, 0.2) is 23.1 Å². The van der Waals surface area contributed by atoms with Gasteiger partial charge in [0.1, 0.15) is 23.2 Å². The van der Waals surface area contributed by atoms with Gasteiger partial charge >= 0.3 is 0 Å². The minimum absolute atomic E-state index is 0.0392. The molecular weight excluding hydrogens is 449 g/mol. The maximum absolute atomic E-state index is 13.4. The summed E-state index contributed by atoms with van der Waals surface area (Å²) in [6.45, 7) is 1.34. The van der Waals surface area contributed by atoms with Crippen LogP contribution in [0.3, 0.4) is 0 Å². The summed E-state index contributed by atoms with van der Waals surface area (Å²) in [5.41, 5.74) is 0. The Labute approximate surface area is 186 Å². The SMILES string of the molecule is N#CCNC(=O)C1CC(C(=O)S(=O)c2ccc(F)c(Cl)c2)CC1C(=O)N1CCOCC1. The Balaban J connectivity index is 1.79. The first-order chi connectivity index (χ1) is 14.8. The lowest BCUT2D eigenvalue weighted by Gasteiger charge is -2.30. The molecule has 1 aromatic rings. The number of nitrogens with zero attached hydrogens (tertiary/aromatic N) is 2. The van der Waals surface area contributed by atoms with Gasteiger partial charge in [-0.15, -0.1) is 0 Å². The third-order valence-electron chi connectivity index (χ3n) is 5.50. The van der Waals surface area contributed by atoms with Gasteiger partial charge in [0.25, 0.3) is 0 Å². The summed E-state index contributed by atoms with van der Waals surface area (Å²) in [5.74, 6) is -3.81. The van der Waals surface area contributed by atoms with Crippen molar-refractivity contribution in [2.75, 3.05) is 32.8 Å². The second-order valence-corrected chi connectivity index (χ2v) is 9.18. The molecule has 1 saturated heterocycles. The fourth-order valence-corrected chi connectivity index (χ4v) is 5.32. The largest absolute Gasteiger partial charge is 0.378 e. The molecule has 0 bridgehead atoms. The molecule has 1 heterocycles. The maximum Gasteiger partial charge on any atom is 0.226 e. The Morgan fingerprint density at radius 2 is 1.94 bits per heavy atom.